The molecule has 94 valence electrons. The molecular weight excluding hydrogens is 263 g/mol. The van der Waals surface area contributed by atoms with E-state index in [4.69, 9.17) is 32.7 Å². The van der Waals surface area contributed by atoms with Crippen molar-refractivity contribution in [2.75, 3.05) is 13.2 Å². The van der Waals surface area contributed by atoms with Gasteiger partial charge in [0, 0.05) is 6.42 Å². The molecule has 17 heavy (non-hydrogen) atoms. The third kappa shape index (κ3) is 3.83. The Morgan fingerprint density at radius 2 is 1.94 bits per heavy atom. The maximum absolute atomic E-state index is 9.89. The highest BCUT2D eigenvalue weighted by molar-refractivity contribution is 6.42. The molecule has 5 heteroatoms. The first-order valence-corrected chi connectivity index (χ1v) is 6.26. The molecule has 1 aromatic rings. The van der Waals surface area contributed by atoms with Crippen LogP contribution in [0.15, 0.2) is 18.2 Å². The van der Waals surface area contributed by atoms with Crippen LogP contribution in [-0.4, -0.2) is 30.7 Å². The molecule has 0 saturated carbocycles. The van der Waals surface area contributed by atoms with Crippen molar-refractivity contribution in [1.29, 1.82) is 0 Å². The summed E-state index contributed by atoms with van der Waals surface area (Å²) >= 11 is 11.7. The van der Waals surface area contributed by atoms with Crippen molar-refractivity contribution in [3.8, 4) is 0 Å². The van der Waals surface area contributed by atoms with E-state index in [1.807, 2.05) is 6.07 Å². The third-order valence-corrected chi connectivity index (χ3v) is 3.35. The second-order valence-corrected chi connectivity index (χ2v) is 4.83. The Labute approximate surface area is 110 Å². The van der Waals surface area contributed by atoms with Crippen LogP contribution < -0.4 is 0 Å². The summed E-state index contributed by atoms with van der Waals surface area (Å²) in [6, 6.07) is 5.35. The molecule has 1 saturated heterocycles. The summed E-state index contributed by atoms with van der Waals surface area (Å²) in [5.74, 6) is 0. The van der Waals surface area contributed by atoms with Gasteiger partial charge in [0.1, 0.15) is 0 Å². The van der Waals surface area contributed by atoms with Crippen molar-refractivity contribution >= 4 is 23.2 Å². The molecule has 3 nitrogen and oxygen atoms in total. The molecule has 1 heterocycles. The van der Waals surface area contributed by atoms with Crippen LogP contribution in [0.1, 0.15) is 12.0 Å². The molecule has 1 aromatic carbocycles. The summed E-state index contributed by atoms with van der Waals surface area (Å²) < 4.78 is 10.5. The quantitative estimate of drug-likeness (QED) is 0.919. The molecule has 1 aliphatic heterocycles. The molecule has 1 unspecified atom stereocenters. The average Bonchev–Trinajstić information content (AvgIpc) is 2.76. The Bertz CT molecular complexity index is 378. The van der Waals surface area contributed by atoms with Crippen molar-refractivity contribution in [2.45, 2.75) is 25.2 Å². The topological polar surface area (TPSA) is 38.7 Å². The van der Waals surface area contributed by atoms with Crippen LogP contribution in [0, 0.1) is 0 Å². The van der Waals surface area contributed by atoms with E-state index < -0.39 is 6.10 Å². The predicted molar refractivity (Wildman–Crippen MR) is 66.5 cm³/mol. The monoisotopic (exact) mass is 276 g/mol. The van der Waals surface area contributed by atoms with Gasteiger partial charge in [-0.2, -0.15) is 0 Å². The third-order valence-electron chi connectivity index (χ3n) is 2.61. The molecule has 2 rings (SSSR count). The highest BCUT2D eigenvalue weighted by Gasteiger charge is 2.20. The number of ether oxygens (including phenoxy) is 2. The molecule has 1 aliphatic rings. The van der Waals surface area contributed by atoms with Crippen molar-refractivity contribution < 1.29 is 14.6 Å². The van der Waals surface area contributed by atoms with Gasteiger partial charge in [-0.1, -0.05) is 29.3 Å². The minimum atomic E-state index is -0.504. The zero-order valence-electron chi connectivity index (χ0n) is 9.23. The highest BCUT2D eigenvalue weighted by Crippen LogP contribution is 2.24. The van der Waals surface area contributed by atoms with Crippen LogP contribution in [-0.2, 0) is 15.9 Å². The lowest BCUT2D eigenvalue weighted by Gasteiger charge is -2.15. The second-order valence-electron chi connectivity index (χ2n) is 4.01. The fourth-order valence-electron chi connectivity index (χ4n) is 1.79. The van der Waals surface area contributed by atoms with Gasteiger partial charge in [-0.3, -0.25) is 0 Å². The molecule has 1 fully saturated rings. The van der Waals surface area contributed by atoms with E-state index >= 15 is 0 Å². The van der Waals surface area contributed by atoms with Crippen molar-refractivity contribution in [3.05, 3.63) is 33.8 Å². The number of hydrogen-bond acceptors (Lipinski definition) is 3. The van der Waals surface area contributed by atoms with Crippen LogP contribution in [0.25, 0.3) is 0 Å². The number of hydrogen-bond donors (Lipinski definition) is 1. The van der Waals surface area contributed by atoms with Gasteiger partial charge >= 0.3 is 0 Å². The normalized spacial score (nSPS) is 18.5. The van der Waals surface area contributed by atoms with Gasteiger partial charge in [0.15, 0.2) is 6.29 Å². The van der Waals surface area contributed by atoms with E-state index in [1.54, 1.807) is 12.1 Å². The molecule has 0 bridgehead atoms. The lowest BCUT2D eigenvalue weighted by atomic mass is 10.1. The largest absolute Gasteiger partial charge is 0.393 e. The van der Waals surface area contributed by atoms with Crippen LogP contribution in [0.3, 0.4) is 0 Å². The molecule has 0 radical (unpaired) electrons. The van der Waals surface area contributed by atoms with Gasteiger partial charge in [-0.15, -0.1) is 0 Å². The lowest BCUT2D eigenvalue weighted by Crippen LogP contribution is -2.20. The Balaban J connectivity index is 1.88. The van der Waals surface area contributed by atoms with Crippen LogP contribution in [0.2, 0.25) is 10.0 Å². The first kappa shape index (κ1) is 13.1. The summed E-state index contributed by atoms with van der Waals surface area (Å²) in [7, 11) is 0. The minimum absolute atomic E-state index is 0.284. The fourth-order valence-corrected chi connectivity index (χ4v) is 2.11. The summed E-state index contributed by atoms with van der Waals surface area (Å²) in [6.07, 6.45) is 0.198. The lowest BCUT2D eigenvalue weighted by molar-refractivity contribution is -0.0698. The van der Waals surface area contributed by atoms with Crippen molar-refractivity contribution in [3.63, 3.8) is 0 Å². The number of benzene rings is 1. The zero-order chi connectivity index (χ0) is 12.3. The van der Waals surface area contributed by atoms with E-state index in [1.165, 1.54) is 0 Å². The van der Waals surface area contributed by atoms with Crippen LogP contribution in [0.4, 0.5) is 0 Å². The summed E-state index contributed by atoms with van der Waals surface area (Å²) in [5.41, 5.74) is 0.949. The average molecular weight is 277 g/mol. The first-order chi connectivity index (χ1) is 8.15. The Kier molecular flexibility index (Phi) is 4.65. The molecule has 0 amide bonds. The fraction of sp³-hybridized carbons (Fsp3) is 0.500. The first-order valence-electron chi connectivity index (χ1n) is 5.50. The van der Waals surface area contributed by atoms with Crippen LogP contribution >= 0.6 is 23.2 Å². The maximum atomic E-state index is 9.89. The molecule has 1 N–H and O–H groups in total. The second kappa shape index (κ2) is 6.03. The van der Waals surface area contributed by atoms with E-state index in [-0.39, 0.29) is 6.29 Å². The van der Waals surface area contributed by atoms with E-state index in [2.05, 4.69) is 0 Å². The summed E-state index contributed by atoms with van der Waals surface area (Å²) in [4.78, 5) is 0. The minimum Gasteiger partial charge on any atom is -0.393 e. The zero-order valence-corrected chi connectivity index (χ0v) is 10.7. The summed E-state index contributed by atoms with van der Waals surface area (Å²) in [5, 5.41) is 10.9. The van der Waals surface area contributed by atoms with Gasteiger partial charge in [-0.25, -0.2) is 0 Å². The SMILES string of the molecule is OC(Cc1ccc(Cl)c(Cl)c1)CC1OCCO1. The summed E-state index contributed by atoms with van der Waals surface area (Å²) in [6.45, 7) is 1.20. The van der Waals surface area contributed by atoms with Gasteiger partial charge in [0.2, 0.25) is 0 Å². The maximum Gasteiger partial charge on any atom is 0.160 e. The molecular formula is C12H14Cl2O3. The van der Waals surface area contributed by atoms with Crippen molar-refractivity contribution in [1.82, 2.24) is 0 Å². The number of aliphatic hydroxyl groups excluding tert-OH is 1. The van der Waals surface area contributed by atoms with Crippen LogP contribution in [0.5, 0.6) is 0 Å². The van der Waals surface area contributed by atoms with Crippen molar-refractivity contribution in [2.24, 2.45) is 0 Å². The van der Waals surface area contributed by atoms with E-state index in [9.17, 15) is 5.11 Å². The highest BCUT2D eigenvalue weighted by atomic mass is 35.5. The molecule has 1 atom stereocenters. The predicted octanol–water partition coefficient (Wildman–Crippen LogP) is 2.66. The smallest absolute Gasteiger partial charge is 0.160 e. The molecule has 0 spiro atoms. The Morgan fingerprint density at radius 3 is 2.59 bits per heavy atom. The number of aliphatic hydroxyl groups is 1. The molecule has 0 aliphatic carbocycles. The van der Waals surface area contributed by atoms with E-state index in [0.717, 1.165) is 5.56 Å². The number of rotatable bonds is 4. The Morgan fingerprint density at radius 1 is 1.24 bits per heavy atom. The molecule has 0 aromatic heterocycles. The number of halogens is 2. The van der Waals surface area contributed by atoms with Gasteiger partial charge in [0.05, 0.1) is 29.4 Å². The van der Waals surface area contributed by atoms with Gasteiger partial charge in [0.25, 0.3) is 0 Å². The standard InChI is InChI=1S/C12H14Cl2O3/c13-10-2-1-8(6-11(10)14)5-9(15)7-12-16-3-4-17-12/h1-2,6,9,12,15H,3-5,7H2. The van der Waals surface area contributed by atoms with E-state index in [0.29, 0.717) is 36.1 Å². The Hall–Kier alpha value is -0.320. The van der Waals surface area contributed by atoms with Gasteiger partial charge in [-0.05, 0) is 24.1 Å². The van der Waals surface area contributed by atoms with Gasteiger partial charge < -0.3 is 14.6 Å².